The fraction of sp³-hybridized carbons (Fsp3) is 0.214. The van der Waals surface area contributed by atoms with Crippen LogP contribution in [0.1, 0.15) is 5.56 Å². The predicted octanol–water partition coefficient (Wildman–Crippen LogP) is 1.33. The fourth-order valence-electron chi connectivity index (χ4n) is 1.49. The van der Waals surface area contributed by atoms with E-state index in [1.165, 1.54) is 11.3 Å². The summed E-state index contributed by atoms with van der Waals surface area (Å²) >= 11 is 1.18. The molecule has 0 aliphatic heterocycles. The van der Waals surface area contributed by atoms with Crippen LogP contribution in [0.4, 0.5) is 0 Å². The average molecular weight is 275 g/mol. The molecule has 0 bridgehead atoms. The second kappa shape index (κ2) is 6.78. The van der Waals surface area contributed by atoms with E-state index in [0.717, 1.165) is 11.3 Å². The molecule has 0 unspecified atom stereocenters. The minimum atomic E-state index is -0.145. The largest absolute Gasteiger partial charge is 0.492 e. The van der Waals surface area contributed by atoms with E-state index in [1.807, 2.05) is 24.3 Å². The summed E-state index contributed by atoms with van der Waals surface area (Å²) in [6.45, 7) is 0.834. The Bertz CT molecular complexity index is 631. The van der Waals surface area contributed by atoms with E-state index in [4.69, 9.17) is 9.84 Å². The molecule has 2 rings (SSSR count). The van der Waals surface area contributed by atoms with Crippen LogP contribution in [0.15, 0.2) is 40.6 Å². The number of hydrogen-bond acceptors (Lipinski definition) is 4. The maximum Gasteiger partial charge on any atom is 0.307 e. The smallest absolute Gasteiger partial charge is 0.307 e. The third kappa shape index (κ3) is 3.98. The molecule has 5 heteroatoms. The first kappa shape index (κ1) is 13.4. The Balaban J connectivity index is 1.86. The first-order valence-electron chi connectivity index (χ1n) is 5.76. The van der Waals surface area contributed by atoms with Crippen molar-refractivity contribution < 1.29 is 9.84 Å². The van der Waals surface area contributed by atoms with Gasteiger partial charge in [0, 0.05) is 17.1 Å². The van der Waals surface area contributed by atoms with E-state index in [0.29, 0.717) is 13.2 Å². The number of aliphatic hydroxyl groups excluding tert-OH is 1. The van der Waals surface area contributed by atoms with Crippen molar-refractivity contribution >= 4 is 11.3 Å². The van der Waals surface area contributed by atoms with Crippen LogP contribution in [0.2, 0.25) is 0 Å². The van der Waals surface area contributed by atoms with Gasteiger partial charge in [0.2, 0.25) is 0 Å². The lowest BCUT2D eigenvalue weighted by atomic mass is 10.2. The number of aliphatic hydroxyl groups is 1. The number of nitrogens with zero attached hydrogens (tertiary/aromatic N) is 1. The first-order chi connectivity index (χ1) is 9.29. The van der Waals surface area contributed by atoms with Gasteiger partial charge < -0.3 is 14.4 Å². The molecule has 0 amide bonds. The summed E-state index contributed by atoms with van der Waals surface area (Å²) in [7, 11) is 0. The number of thiazole rings is 1. The van der Waals surface area contributed by atoms with Crippen LogP contribution in [0.25, 0.3) is 0 Å². The van der Waals surface area contributed by atoms with E-state index < -0.39 is 0 Å². The summed E-state index contributed by atoms with van der Waals surface area (Å²) in [6.07, 6.45) is 1.75. The topological polar surface area (TPSA) is 51.5 Å². The summed E-state index contributed by atoms with van der Waals surface area (Å²) in [5, 5.41) is 10.3. The molecule has 98 valence electrons. The lowest BCUT2D eigenvalue weighted by Gasteiger charge is -2.06. The van der Waals surface area contributed by atoms with E-state index in [1.54, 1.807) is 16.1 Å². The molecule has 0 saturated heterocycles. The van der Waals surface area contributed by atoms with Crippen LogP contribution in [0.3, 0.4) is 0 Å². The molecular formula is C14H13NO3S. The van der Waals surface area contributed by atoms with E-state index in [-0.39, 0.29) is 11.5 Å². The molecule has 1 aromatic carbocycles. The highest BCUT2D eigenvalue weighted by molar-refractivity contribution is 7.07. The summed E-state index contributed by atoms with van der Waals surface area (Å²) < 4.78 is 7.16. The van der Waals surface area contributed by atoms with E-state index in [9.17, 15) is 4.79 Å². The maximum atomic E-state index is 11.3. The molecular weight excluding hydrogens is 262 g/mol. The number of rotatable bonds is 4. The van der Waals surface area contributed by atoms with Crippen molar-refractivity contribution in [3.05, 3.63) is 51.1 Å². The summed E-state index contributed by atoms with van der Waals surface area (Å²) in [5.74, 6) is 6.12. The van der Waals surface area contributed by atoms with Crippen LogP contribution >= 0.6 is 11.3 Å². The van der Waals surface area contributed by atoms with Gasteiger partial charge in [-0.3, -0.25) is 4.79 Å². The van der Waals surface area contributed by atoms with Gasteiger partial charge in [-0.15, -0.1) is 0 Å². The maximum absolute atomic E-state index is 11.3. The number of hydrogen-bond donors (Lipinski definition) is 1. The lowest BCUT2D eigenvalue weighted by molar-refractivity contribution is 0.297. The minimum absolute atomic E-state index is 0.0261. The molecule has 2 aromatic rings. The highest BCUT2D eigenvalue weighted by Gasteiger charge is 1.97. The summed E-state index contributed by atoms with van der Waals surface area (Å²) in [5.41, 5.74) is 0.829. The monoisotopic (exact) mass is 275 g/mol. The van der Waals surface area contributed by atoms with E-state index in [2.05, 4.69) is 11.8 Å². The van der Waals surface area contributed by atoms with Gasteiger partial charge in [0.25, 0.3) is 0 Å². The molecule has 19 heavy (non-hydrogen) atoms. The van der Waals surface area contributed by atoms with Crippen molar-refractivity contribution in [2.24, 2.45) is 0 Å². The molecule has 1 aromatic heterocycles. The van der Waals surface area contributed by atoms with Gasteiger partial charge in [0.1, 0.15) is 19.0 Å². The van der Waals surface area contributed by atoms with Gasteiger partial charge in [0.15, 0.2) is 0 Å². The Morgan fingerprint density at radius 1 is 1.32 bits per heavy atom. The van der Waals surface area contributed by atoms with Gasteiger partial charge in [0.05, 0.1) is 6.54 Å². The number of benzene rings is 1. The summed E-state index contributed by atoms with van der Waals surface area (Å²) in [6, 6.07) is 7.29. The van der Waals surface area contributed by atoms with Crippen LogP contribution in [0.5, 0.6) is 5.75 Å². The molecule has 0 radical (unpaired) electrons. The quantitative estimate of drug-likeness (QED) is 0.857. The molecule has 0 spiro atoms. The molecule has 0 saturated carbocycles. The first-order valence-corrected chi connectivity index (χ1v) is 6.64. The Labute approximate surface area is 114 Å². The highest BCUT2D eigenvalue weighted by Crippen LogP contribution is 2.11. The predicted molar refractivity (Wildman–Crippen MR) is 74.5 cm³/mol. The Kier molecular flexibility index (Phi) is 4.78. The van der Waals surface area contributed by atoms with Gasteiger partial charge in [-0.2, -0.15) is 0 Å². The van der Waals surface area contributed by atoms with Crippen molar-refractivity contribution in [3.8, 4) is 17.6 Å². The number of ether oxygens (including phenoxy) is 1. The van der Waals surface area contributed by atoms with E-state index >= 15 is 0 Å². The zero-order valence-electron chi connectivity index (χ0n) is 10.2. The Hall–Kier alpha value is -2.03. The lowest BCUT2D eigenvalue weighted by Crippen LogP contribution is -2.16. The van der Waals surface area contributed by atoms with Gasteiger partial charge >= 0.3 is 4.87 Å². The van der Waals surface area contributed by atoms with Crippen molar-refractivity contribution in [3.63, 3.8) is 0 Å². The highest BCUT2D eigenvalue weighted by atomic mass is 32.1. The second-order valence-electron chi connectivity index (χ2n) is 3.70. The van der Waals surface area contributed by atoms with Crippen molar-refractivity contribution in [2.75, 3.05) is 13.2 Å². The SMILES string of the molecule is O=c1sccn1CCOc1ccc(C#CCO)cc1. The van der Waals surface area contributed by atoms with Crippen molar-refractivity contribution in [2.45, 2.75) is 6.54 Å². The molecule has 1 N–H and O–H groups in total. The van der Waals surface area contributed by atoms with Crippen LogP contribution in [-0.2, 0) is 6.54 Å². The molecule has 0 aliphatic carbocycles. The fourth-order valence-corrected chi connectivity index (χ4v) is 2.11. The normalized spacial score (nSPS) is 9.74. The number of aromatic nitrogens is 1. The average Bonchev–Trinajstić information content (AvgIpc) is 2.84. The standard InChI is InChI=1S/C14H13NO3S/c16-9-1-2-12-3-5-13(6-4-12)18-10-7-15-8-11-19-14(15)17/h3-6,8,11,16H,7,9-10H2. The van der Waals surface area contributed by atoms with Gasteiger partial charge in [-0.1, -0.05) is 23.2 Å². The van der Waals surface area contributed by atoms with Gasteiger partial charge in [-0.05, 0) is 24.3 Å². The molecule has 1 heterocycles. The molecule has 0 aliphatic rings. The van der Waals surface area contributed by atoms with Crippen LogP contribution in [-0.4, -0.2) is 22.9 Å². The second-order valence-corrected chi connectivity index (χ2v) is 4.55. The zero-order chi connectivity index (χ0) is 13.5. The Morgan fingerprint density at radius 3 is 2.74 bits per heavy atom. The Morgan fingerprint density at radius 2 is 2.11 bits per heavy atom. The third-order valence-corrected chi connectivity index (χ3v) is 3.11. The molecule has 0 fully saturated rings. The molecule has 4 nitrogen and oxygen atoms in total. The third-order valence-electron chi connectivity index (χ3n) is 2.41. The van der Waals surface area contributed by atoms with Crippen molar-refractivity contribution in [1.82, 2.24) is 4.57 Å². The van der Waals surface area contributed by atoms with Gasteiger partial charge in [-0.25, -0.2) is 0 Å². The van der Waals surface area contributed by atoms with Crippen LogP contribution in [0, 0.1) is 11.8 Å². The van der Waals surface area contributed by atoms with Crippen LogP contribution < -0.4 is 9.61 Å². The zero-order valence-corrected chi connectivity index (χ0v) is 11.0. The summed E-state index contributed by atoms with van der Waals surface area (Å²) in [4.78, 5) is 11.3. The minimum Gasteiger partial charge on any atom is -0.492 e. The van der Waals surface area contributed by atoms with Crippen molar-refractivity contribution in [1.29, 1.82) is 0 Å². The molecule has 0 atom stereocenters.